The summed E-state index contributed by atoms with van der Waals surface area (Å²) in [6, 6.07) is 6.71. The predicted octanol–water partition coefficient (Wildman–Crippen LogP) is 2.12. The summed E-state index contributed by atoms with van der Waals surface area (Å²) in [6.07, 6.45) is 2.07. The molecule has 0 bridgehead atoms. The highest BCUT2D eigenvalue weighted by molar-refractivity contribution is 5.39. The van der Waals surface area contributed by atoms with Gasteiger partial charge in [0.15, 0.2) is 0 Å². The molecular weight excluding hydrogens is 276 g/mol. The van der Waals surface area contributed by atoms with Gasteiger partial charge in [-0.2, -0.15) is 0 Å². The molecular formula is C18H30N2O2. The number of hydrogen-bond donors (Lipinski definition) is 2. The van der Waals surface area contributed by atoms with Gasteiger partial charge in [-0.3, -0.25) is 4.90 Å². The summed E-state index contributed by atoms with van der Waals surface area (Å²) >= 11 is 0. The lowest BCUT2D eigenvalue weighted by atomic mass is 10.1. The first-order chi connectivity index (χ1) is 10.6. The van der Waals surface area contributed by atoms with Crippen LogP contribution in [0.5, 0.6) is 5.75 Å². The van der Waals surface area contributed by atoms with E-state index >= 15 is 0 Å². The van der Waals surface area contributed by atoms with Gasteiger partial charge in [0.2, 0.25) is 0 Å². The van der Waals surface area contributed by atoms with Crippen molar-refractivity contribution in [2.75, 3.05) is 32.8 Å². The molecule has 0 spiro atoms. The van der Waals surface area contributed by atoms with Crippen LogP contribution in [0.25, 0.3) is 0 Å². The number of aliphatic hydroxyl groups is 1. The van der Waals surface area contributed by atoms with E-state index in [9.17, 15) is 5.11 Å². The van der Waals surface area contributed by atoms with Crippen molar-refractivity contribution in [1.82, 2.24) is 10.2 Å². The van der Waals surface area contributed by atoms with Crippen LogP contribution >= 0.6 is 0 Å². The molecule has 1 aromatic carbocycles. The molecule has 2 unspecified atom stereocenters. The van der Waals surface area contributed by atoms with E-state index < -0.39 is 6.10 Å². The summed E-state index contributed by atoms with van der Waals surface area (Å²) in [5, 5.41) is 13.5. The smallest absolute Gasteiger partial charge is 0.125 e. The van der Waals surface area contributed by atoms with Gasteiger partial charge < -0.3 is 15.2 Å². The average molecular weight is 306 g/mol. The molecule has 124 valence electrons. The molecule has 2 N–H and O–H groups in total. The Labute approximate surface area is 134 Å². The molecule has 22 heavy (non-hydrogen) atoms. The SMILES string of the molecule is CCN1CCCC1CNCC(O)COc1c(C)cccc1C. The summed E-state index contributed by atoms with van der Waals surface area (Å²) in [5.74, 6) is 0.898. The highest BCUT2D eigenvalue weighted by atomic mass is 16.5. The van der Waals surface area contributed by atoms with Crippen LogP contribution in [0, 0.1) is 13.8 Å². The van der Waals surface area contributed by atoms with Crippen molar-refractivity contribution >= 4 is 0 Å². The van der Waals surface area contributed by atoms with Gasteiger partial charge in [0, 0.05) is 19.1 Å². The summed E-state index contributed by atoms with van der Waals surface area (Å²) < 4.78 is 5.79. The van der Waals surface area contributed by atoms with Crippen molar-refractivity contribution < 1.29 is 9.84 Å². The molecule has 0 saturated carbocycles. The van der Waals surface area contributed by atoms with Gasteiger partial charge in [-0.05, 0) is 50.9 Å². The van der Waals surface area contributed by atoms with Crippen molar-refractivity contribution in [1.29, 1.82) is 0 Å². The van der Waals surface area contributed by atoms with Crippen LogP contribution < -0.4 is 10.1 Å². The van der Waals surface area contributed by atoms with Crippen LogP contribution in [-0.2, 0) is 0 Å². The molecule has 2 atom stereocenters. The van der Waals surface area contributed by atoms with Crippen LogP contribution in [0.15, 0.2) is 18.2 Å². The number of likely N-dealkylation sites (N-methyl/N-ethyl adjacent to an activating group) is 1. The fraction of sp³-hybridized carbons (Fsp3) is 0.667. The van der Waals surface area contributed by atoms with Gasteiger partial charge in [0.25, 0.3) is 0 Å². The molecule has 4 nitrogen and oxygen atoms in total. The number of para-hydroxylation sites is 1. The molecule has 1 aliphatic rings. The lowest BCUT2D eigenvalue weighted by Crippen LogP contribution is -2.41. The standard InChI is InChI=1S/C18H30N2O2/c1-4-20-10-6-9-16(20)11-19-12-17(21)13-22-18-14(2)7-5-8-15(18)3/h5,7-8,16-17,19,21H,4,6,9-13H2,1-3H3. The number of nitrogens with one attached hydrogen (secondary N) is 1. The minimum atomic E-state index is -0.476. The third kappa shape index (κ3) is 4.70. The zero-order valence-corrected chi connectivity index (χ0v) is 14.1. The van der Waals surface area contributed by atoms with Gasteiger partial charge in [-0.25, -0.2) is 0 Å². The normalized spacial score (nSPS) is 20.3. The number of ether oxygens (including phenoxy) is 1. The van der Waals surface area contributed by atoms with E-state index in [-0.39, 0.29) is 0 Å². The fourth-order valence-electron chi connectivity index (χ4n) is 3.22. The zero-order valence-electron chi connectivity index (χ0n) is 14.1. The number of rotatable bonds is 8. The van der Waals surface area contributed by atoms with Gasteiger partial charge in [-0.1, -0.05) is 25.1 Å². The van der Waals surface area contributed by atoms with Gasteiger partial charge in [0.1, 0.15) is 18.5 Å². The van der Waals surface area contributed by atoms with Crippen molar-refractivity contribution in [2.24, 2.45) is 0 Å². The summed E-state index contributed by atoms with van der Waals surface area (Å²) in [6.45, 7) is 10.5. The molecule has 1 saturated heterocycles. The van der Waals surface area contributed by atoms with Crippen molar-refractivity contribution in [3.8, 4) is 5.75 Å². The zero-order chi connectivity index (χ0) is 15.9. The van der Waals surface area contributed by atoms with E-state index in [2.05, 4.69) is 17.1 Å². The van der Waals surface area contributed by atoms with E-state index in [1.54, 1.807) is 0 Å². The first-order valence-electron chi connectivity index (χ1n) is 8.43. The highest BCUT2D eigenvalue weighted by Gasteiger charge is 2.22. The van der Waals surface area contributed by atoms with E-state index in [1.165, 1.54) is 19.4 Å². The predicted molar refractivity (Wildman–Crippen MR) is 90.6 cm³/mol. The van der Waals surface area contributed by atoms with E-state index in [0.717, 1.165) is 30.0 Å². The maximum atomic E-state index is 10.1. The third-order valence-corrected chi connectivity index (χ3v) is 4.49. The minimum absolute atomic E-state index is 0.334. The number of aliphatic hydroxyl groups excluding tert-OH is 1. The van der Waals surface area contributed by atoms with Crippen LogP contribution in [0.3, 0.4) is 0 Å². The molecule has 4 heteroatoms. The Hall–Kier alpha value is -1.10. The quantitative estimate of drug-likeness (QED) is 0.772. The number of benzene rings is 1. The van der Waals surface area contributed by atoms with Gasteiger partial charge in [0.05, 0.1) is 0 Å². The Morgan fingerprint density at radius 3 is 2.77 bits per heavy atom. The maximum Gasteiger partial charge on any atom is 0.125 e. The first kappa shape index (κ1) is 17.3. The topological polar surface area (TPSA) is 44.7 Å². The number of nitrogens with zero attached hydrogens (tertiary/aromatic N) is 1. The lowest BCUT2D eigenvalue weighted by Gasteiger charge is -2.23. The van der Waals surface area contributed by atoms with Crippen molar-refractivity contribution in [3.05, 3.63) is 29.3 Å². The molecule has 1 fully saturated rings. The van der Waals surface area contributed by atoms with Gasteiger partial charge in [-0.15, -0.1) is 0 Å². The van der Waals surface area contributed by atoms with Crippen LogP contribution in [-0.4, -0.2) is 54.9 Å². The Morgan fingerprint density at radius 1 is 1.36 bits per heavy atom. The summed E-state index contributed by atoms with van der Waals surface area (Å²) in [4.78, 5) is 2.51. The number of aryl methyl sites for hydroxylation is 2. The lowest BCUT2D eigenvalue weighted by molar-refractivity contribution is 0.103. The second-order valence-corrected chi connectivity index (χ2v) is 6.27. The maximum absolute atomic E-state index is 10.1. The Bertz CT molecular complexity index is 444. The second-order valence-electron chi connectivity index (χ2n) is 6.27. The largest absolute Gasteiger partial charge is 0.490 e. The van der Waals surface area contributed by atoms with Gasteiger partial charge >= 0.3 is 0 Å². The minimum Gasteiger partial charge on any atom is -0.490 e. The van der Waals surface area contributed by atoms with Crippen LogP contribution in [0.4, 0.5) is 0 Å². The summed E-state index contributed by atoms with van der Waals surface area (Å²) in [7, 11) is 0. The molecule has 2 rings (SSSR count). The van der Waals surface area contributed by atoms with Crippen molar-refractivity contribution in [2.45, 2.75) is 45.8 Å². The Balaban J connectivity index is 1.69. The Kier molecular flexibility index (Phi) is 6.68. The Morgan fingerprint density at radius 2 is 2.09 bits per heavy atom. The van der Waals surface area contributed by atoms with E-state index in [0.29, 0.717) is 19.2 Å². The van der Waals surface area contributed by atoms with E-state index in [4.69, 9.17) is 4.74 Å². The molecule has 1 aliphatic heterocycles. The highest BCUT2D eigenvalue weighted by Crippen LogP contribution is 2.22. The number of hydrogen-bond acceptors (Lipinski definition) is 4. The molecule has 1 heterocycles. The van der Waals surface area contributed by atoms with E-state index in [1.807, 2.05) is 32.0 Å². The molecule has 0 amide bonds. The molecule has 1 aromatic rings. The number of likely N-dealkylation sites (tertiary alicyclic amines) is 1. The molecule has 0 aliphatic carbocycles. The fourth-order valence-corrected chi connectivity index (χ4v) is 3.22. The first-order valence-corrected chi connectivity index (χ1v) is 8.43. The summed E-state index contributed by atoms with van der Waals surface area (Å²) in [5.41, 5.74) is 2.23. The van der Waals surface area contributed by atoms with Crippen molar-refractivity contribution in [3.63, 3.8) is 0 Å². The second kappa shape index (κ2) is 8.51. The average Bonchev–Trinajstić information content (AvgIpc) is 2.94. The van der Waals surface area contributed by atoms with Crippen LogP contribution in [0.1, 0.15) is 30.9 Å². The third-order valence-electron chi connectivity index (χ3n) is 4.49. The van der Waals surface area contributed by atoms with Crippen LogP contribution in [0.2, 0.25) is 0 Å². The molecule has 0 aromatic heterocycles. The molecule has 0 radical (unpaired) electrons. The monoisotopic (exact) mass is 306 g/mol.